The summed E-state index contributed by atoms with van der Waals surface area (Å²) in [6.45, 7) is 7.42. The first-order chi connectivity index (χ1) is 12.2. The summed E-state index contributed by atoms with van der Waals surface area (Å²) in [5.74, 6) is 0.303. The SMILES string of the molecule is COc1cccc(NC(=O)C(C)(C)C(=O)Nc2ccc(C(C)C)cc2)c1. The predicted octanol–water partition coefficient (Wildman–Crippen LogP) is 4.42. The van der Waals surface area contributed by atoms with Crippen LogP contribution >= 0.6 is 0 Å². The number of methoxy groups -OCH3 is 1. The summed E-state index contributed by atoms with van der Waals surface area (Å²) < 4.78 is 5.14. The van der Waals surface area contributed by atoms with E-state index in [4.69, 9.17) is 4.74 Å². The minimum absolute atomic E-state index is 0.366. The molecule has 0 heterocycles. The van der Waals surface area contributed by atoms with E-state index in [0.29, 0.717) is 23.0 Å². The van der Waals surface area contributed by atoms with Gasteiger partial charge in [-0.15, -0.1) is 0 Å². The van der Waals surface area contributed by atoms with Gasteiger partial charge in [0.15, 0.2) is 0 Å². The van der Waals surface area contributed by atoms with E-state index in [1.165, 1.54) is 5.56 Å². The third-order valence-electron chi connectivity index (χ3n) is 4.30. The Balaban J connectivity index is 2.06. The lowest BCUT2D eigenvalue weighted by atomic mass is 9.90. The van der Waals surface area contributed by atoms with Crippen molar-refractivity contribution < 1.29 is 14.3 Å². The molecule has 0 fully saturated rings. The molecule has 5 heteroatoms. The van der Waals surface area contributed by atoms with Crippen LogP contribution in [0.25, 0.3) is 0 Å². The second-order valence-electron chi connectivity index (χ2n) is 7.04. The van der Waals surface area contributed by atoms with Crippen molar-refractivity contribution in [2.45, 2.75) is 33.6 Å². The summed E-state index contributed by atoms with van der Waals surface area (Å²) >= 11 is 0. The summed E-state index contributed by atoms with van der Waals surface area (Å²) in [5.41, 5.74) is 1.20. The maximum Gasteiger partial charge on any atom is 0.239 e. The first kappa shape index (κ1) is 19.5. The van der Waals surface area contributed by atoms with Crippen LogP contribution in [0.1, 0.15) is 39.2 Å². The minimum atomic E-state index is -1.24. The van der Waals surface area contributed by atoms with Crippen LogP contribution in [0.4, 0.5) is 11.4 Å². The van der Waals surface area contributed by atoms with E-state index in [1.807, 2.05) is 24.3 Å². The molecule has 138 valence electrons. The Kier molecular flexibility index (Phi) is 6.03. The summed E-state index contributed by atoms with van der Waals surface area (Å²) in [5, 5.41) is 5.58. The standard InChI is InChI=1S/C21H26N2O3/c1-14(2)15-9-11-16(12-10-15)22-19(24)21(3,4)20(25)23-17-7-6-8-18(13-17)26-5/h6-14H,1-5H3,(H,22,24)(H,23,25). The quantitative estimate of drug-likeness (QED) is 0.755. The van der Waals surface area contributed by atoms with Gasteiger partial charge in [0.05, 0.1) is 7.11 Å². The molecule has 0 radical (unpaired) electrons. The van der Waals surface area contributed by atoms with Crippen LogP contribution in [-0.2, 0) is 9.59 Å². The van der Waals surface area contributed by atoms with Gasteiger partial charge in [-0.1, -0.05) is 32.0 Å². The van der Waals surface area contributed by atoms with E-state index < -0.39 is 5.41 Å². The molecule has 0 saturated heterocycles. The molecular formula is C21H26N2O3. The van der Waals surface area contributed by atoms with Crippen LogP contribution in [0.3, 0.4) is 0 Å². The van der Waals surface area contributed by atoms with Crippen molar-refractivity contribution >= 4 is 23.2 Å². The fraction of sp³-hybridized carbons (Fsp3) is 0.333. The number of nitrogens with one attached hydrogen (secondary N) is 2. The van der Waals surface area contributed by atoms with Gasteiger partial charge in [0.2, 0.25) is 11.8 Å². The van der Waals surface area contributed by atoms with E-state index in [2.05, 4.69) is 24.5 Å². The molecule has 0 unspecified atom stereocenters. The number of rotatable bonds is 6. The Hall–Kier alpha value is -2.82. The van der Waals surface area contributed by atoms with Crippen LogP contribution in [0.2, 0.25) is 0 Å². The third kappa shape index (κ3) is 4.63. The topological polar surface area (TPSA) is 67.4 Å². The fourth-order valence-corrected chi connectivity index (χ4v) is 2.33. The molecule has 0 aliphatic rings. The Bertz CT molecular complexity index is 780. The average Bonchev–Trinajstić information content (AvgIpc) is 2.62. The lowest BCUT2D eigenvalue weighted by Gasteiger charge is -2.23. The number of carbonyl (C=O) groups is 2. The average molecular weight is 354 g/mol. The molecule has 2 aromatic rings. The van der Waals surface area contributed by atoms with Crippen molar-refractivity contribution in [3.05, 3.63) is 54.1 Å². The smallest absolute Gasteiger partial charge is 0.239 e. The molecule has 2 rings (SSSR count). The largest absolute Gasteiger partial charge is 0.497 e. The highest BCUT2D eigenvalue weighted by Gasteiger charge is 2.36. The van der Waals surface area contributed by atoms with Crippen molar-refractivity contribution in [3.63, 3.8) is 0 Å². The molecule has 0 aliphatic heterocycles. The normalized spacial score (nSPS) is 11.2. The zero-order valence-corrected chi connectivity index (χ0v) is 15.9. The number of ether oxygens (including phenoxy) is 1. The van der Waals surface area contributed by atoms with Crippen LogP contribution in [0.15, 0.2) is 48.5 Å². The number of anilines is 2. The highest BCUT2D eigenvalue weighted by atomic mass is 16.5. The first-order valence-electron chi connectivity index (χ1n) is 8.61. The Morgan fingerprint density at radius 1 is 0.923 bits per heavy atom. The van der Waals surface area contributed by atoms with Gasteiger partial charge < -0.3 is 15.4 Å². The molecule has 2 N–H and O–H groups in total. The predicted molar refractivity (Wildman–Crippen MR) is 105 cm³/mol. The van der Waals surface area contributed by atoms with Crippen LogP contribution in [0.5, 0.6) is 5.75 Å². The highest BCUT2D eigenvalue weighted by Crippen LogP contribution is 2.24. The maximum atomic E-state index is 12.6. The van der Waals surface area contributed by atoms with Gasteiger partial charge in [0.1, 0.15) is 11.2 Å². The Labute approximate surface area is 154 Å². The van der Waals surface area contributed by atoms with Crippen molar-refractivity contribution in [2.24, 2.45) is 5.41 Å². The second-order valence-corrected chi connectivity index (χ2v) is 7.04. The van der Waals surface area contributed by atoms with E-state index >= 15 is 0 Å². The summed E-state index contributed by atoms with van der Waals surface area (Å²) in [4.78, 5) is 25.2. The van der Waals surface area contributed by atoms with Gasteiger partial charge in [-0.25, -0.2) is 0 Å². The summed E-state index contributed by atoms with van der Waals surface area (Å²) in [7, 11) is 1.56. The molecule has 0 aliphatic carbocycles. The molecule has 0 aromatic heterocycles. The Morgan fingerprint density at radius 2 is 1.50 bits per heavy atom. The number of hydrogen-bond acceptors (Lipinski definition) is 3. The maximum absolute atomic E-state index is 12.6. The van der Waals surface area contributed by atoms with Gasteiger partial charge in [0.25, 0.3) is 0 Å². The molecule has 2 amide bonds. The fourth-order valence-electron chi connectivity index (χ4n) is 2.33. The van der Waals surface area contributed by atoms with Crippen molar-refractivity contribution in [2.75, 3.05) is 17.7 Å². The van der Waals surface area contributed by atoms with E-state index in [0.717, 1.165) is 0 Å². The molecule has 0 bridgehead atoms. The molecular weight excluding hydrogens is 328 g/mol. The molecule has 26 heavy (non-hydrogen) atoms. The van der Waals surface area contributed by atoms with Gasteiger partial charge in [-0.3, -0.25) is 9.59 Å². The minimum Gasteiger partial charge on any atom is -0.497 e. The van der Waals surface area contributed by atoms with Crippen molar-refractivity contribution in [1.82, 2.24) is 0 Å². The molecule has 5 nitrogen and oxygen atoms in total. The Morgan fingerprint density at radius 3 is 2.04 bits per heavy atom. The lowest BCUT2D eigenvalue weighted by molar-refractivity contribution is -0.135. The third-order valence-corrected chi connectivity index (χ3v) is 4.30. The number of carbonyl (C=O) groups excluding carboxylic acids is 2. The van der Waals surface area contributed by atoms with Crippen LogP contribution < -0.4 is 15.4 Å². The summed E-state index contributed by atoms with van der Waals surface area (Å²) in [6.07, 6.45) is 0. The van der Waals surface area contributed by atoms with Gasteiger partial charge in [-0.2, -0.15) is 0 Å². The lowest BCUT2D eigenvalue weighted by Crippen LogP contribution is -2.41. The number of hydrogen-bond donors (Lipinski definition) is 2. The van der Waals surface area contributed by atoms with Gasteiger partial charge in [-0.05, 0) is 49.6 Å². The number of benzene rings is 2. The zero-order valence-electron chi connectivity index (χ0n) is 15.9. The van der Waals surface area contributed by atoms with Crippen LogP contribution in [-0.4, -0.2) is 18.9 Å². The van der Waals surface area contributed by atoms with Gasteiger partial charge >= 0.3 is 0 Å². The molecule has 2 aromatic carbocycles. The van der Waals surface area contributed by atoms with Crippen molar-refractivity contribution in [1.29, 1.82) is 0 Å². The van der Waals surface area contributed by atoms with E-state index in [1.54, 1.807) is 45.2 Å². The molecule has 0 atom stereocenters. The molecule has 0 saturated carbocycles. The first-order valence-corrected chi connectivity index (χ1v) is 8.61. The molecule has 0 spiro atoms. The second kappa shape index (κ2) is 8.04. The van der Waals surface area contributed by atoms with Crippen LogP contribution in [0, 0.1) is 5.41 Å². The monoisotopic (exact) mass is 354 g/mol. The van der Waals surface area contributed by atoms with Crippen molar-refractivity contribution in [3.8, 4) is 5.75 Å². The zero-order chi connectivity index (χ0) is 19.3. The summed E-state index contributed by atoms with van der Waals surface area (Å²) in [6, 6.07) is 14.7. The van der Waals surface area contributed by atoms with Gasteiger partial charge in [0, 0.05) is 17.4 Å². The van der Waals surface area contributed by atoms with E-state index in [9.17, 15) is 9.59 Å². The van der Waals surface area contributed by atoms with E-state index in [-0.39, 0.29) is 11.8 Å². The number of amides is 2. The highest BCUT2D eigenvalue weighted by molar-refractivity contribution is 6.14.